The van der Waals surface area contributed by atoms with Gasteiger partial charge in [-0.05, 0) is 31.5 Å². The number of nitrogens with one attached hydrogen (secondary N) is 3. The Morgan fingerprint density at radius 1 is 1.44 bits per heavy atom. The molecule has 3 rings (SSSR count). The highest BCUT2D eigenvalue weighted by Crippen LogP contribution is 2.15. The van der Waals surface area contributed by atoms with Crippen molar-refractivity contribution in [2.24, 2.45) is 0 Å². The van der Waals surface area contributed by atoms with Crippen LogP contribution in [0.4, 0.5) is 0 Å². The first-order valence-electron chi connectivity index (χ1n) is 6.28. The van der Waals surface area contributed by atoms with Crippen LogP contribution in [-0.2, 0) is 0 Å². The number of fused-ring (bicyclic) bond motifs is 1. The molecule has 1 saturated heterocycles. The Balaban J connectivity index is 1.81. The average Bonchev–Trinajstić information content (AvgIpc) is 2.87. The lowest BCUT2D eigenvalue weighted by Gasteiger charge is -2.23. The van der Waals surface area contributed by atoms with E-state index in [4.69, 9.17) is 0 Å². The second-order valence-electron chi connectivity index (χ2n) is 4.62. The van der Waals surface area contributed by atoms with Crippen molar-refractivity contribution >= 4 is 16.9 Å². The van der Waals surface area contributed by atoms with Gasteiger partial charge in [-0.3, -0.25) is 4.79 Å². The smallest absolute Gasteiger partial charge is 0.253 e. The van der Waals surface area contributed by atoms with Crippen molar-refractivity contribution in [3.8, 4) is 0 Å². The number of aromatic amines is 1. The molecule has 1 aromatic carbocycles. The fourth-order valence-corrected chi connectivity index (χ4v) is 2.39. The van der Waals surface area contributed by atoms with Crippen LogP contribution in [0.25, 0.3) is 11.0 Å². The van der Waals surface area contributed by atoms with E-state index in [9.17, 15) is 4.79 Å². The zero-order valence-electron chi connectivity index (χ0n) is 10.1. The van der Waals surface area contributed by atoms with E-state index in [0.717, 1.165) is 37.0 Å². The molecule has 2 heterocycles. The van der Waals surface area contributed by atoms with Crippen LogP contribution in [0.2, 0.25) is 0 Å². The molecule has 1 fully saturated rings. The number of carbonyl (C=O) groups is 1. The number of nitrogens with zero attached hydrogens (tertiary/aromatic N) is 1. The molecule has 1 aliphatic heterocycles. The minimum Gasteiger partial charge on any atom is -0.348 e. The van der Waals surface area contributed by atoms with Crippen molar-refractivity contribution in [3.63, 3.8) is 0 Å². The van der Waals surface area contributed by atoms with Crippen LogP contribution in [0.5, 0.6) is 0 Å². The van der Waals surface area contributed by atoms with E-state index in [-0.39, 0.29) is 11.9 Å². The summed E-state index contributed by atoms with van der Waals surface area (Å²) < 4.78 is 0. The Morgan fingerprint density at radius 2 is 2.39 bits per heavy atom. The third-order valence-electron chi connectivity index (χ3n) is 3.33. The molecule has 0 aliphatic carbocycles. The molecule has 1 unspecified atom stereocenters. The Labute approximate surface area is 105 Å². The topological polar surface area (TPSA) is 69.8 Å². The van der Waals surface area contributed by atoms with Gasteiger partial charge in [0.15, 0.2) is 0 Å². The summed E-state index contributed by atoms with van der Waals surface area (Å²) in [4.78, 5) is 19.4. The largest absolute Gasteiger partial charge is 0.348 e. The summed E-state index contributed by atoms with van der Waals surface area (Å²) in [6.45, 7) is 1.89. The van der Waals surface area contributed by atoms with Gasteiger partial charge >= 0.3 is 0 Å². The van der Waals surface area contributed by atoms with Crippen molar-refractivity contribution in [2.45, 2.75) is 18.9 Å². The number of benzene rings is 1. The summed E-state index contributed by atoms with van der Waals surface area (Å²) in [5.74, 6) is -0.0404. The maximum absolute atomic E-state index is 12.2. The van der Waals surface area contributed by atoms with Gasteiger partial charge in [0.2, 0.25) is 0 Å². The number of para-hydroxylation sites is 1. The molecular weight excluding hydrogens is 228 g/mol. The van der Waals surface area contributed by atoms with Crippen molar-refractivity contribution in [3.05, 3.63) is 30.1 Å². The maximum atomic E-state index is 12.2. The number of carbonyl (C=O) groups excluding carboxylic acids is 1. The Bertz CT molecular complexity index is 557. The summed E-state index contributed by atoms with van der Waals surface area (Å²) in [6, 6.07) is 5.82. The lowest BCUT2D eigenvalue weighted by atomic mass is 10.1. The van der Waals surface area contributed by atoms with E-state index < -0.39 is 0 Å². The fraction of sp³-hybridized carbons (Fsp3) is 0.385. The molecule has 0 spiro atoms. The number of amides is 1. The van der Waals surface area contributed by atoms with Crippen LogP contribution in [0.3, 0.4) is 0 Å². The zero-order chi connectivity index (χ0) is 12.4. The zero-order valence-corrected chi connectivity index (χ0v) is 10.1. The molecule has 1 amide bonds. The van der Waals surface area contributed by atoms with Gasteiger partial charge in [-0.15, -0.1) is 0 Å². The molecule has 1 aromatic heterocycles. The second kappa shape index (κ2) is 4.78. The monoisotopic (exact) mass is 244 g/mol. The predicted octanol–water partition coefficient (Wildman–Crippen LogP) is 1.04. The van der Waals surface area contributed by atoms with Crippen LogP contribution in [-0.4, -0.2) is 35.0 Å². The van der Waals surface area contributed by atoms with Gasteiger partial charge in [0.05, 0.1) is 17.4 Å². The Hall–Kier alpha value is -1.88. The van der Waals surface area contributed by atoms with E-state index in [1.165, 1.54) is 0 Å². The maximum Gasteiger partial charge on any atom is 0.253 e. The van der Waals surface area contributed by atoms with Gasteiger partial charge in [0.25, 0.3) is 5.91 Å². The summed E-state index contributed by atoms with van der Waals surface area (Å²) >= 11 is 0. The van der Waals surface area contributed by atoms with Gasteiger partial charge in [-0.1, -0.05) is 6.07 Å². The summed E-state index contributed by atoms with van der Waals surface area (Å²) in [5.41, 5.74) is 2.27. The molecule has 0 radical (unpaired) electrons. The van der Waals surface area contributed by atoms with E-state index in [1.807, 2.05) is 18.2 Å². The van der Waals surface area contributed by atoms with Gasteiger partial charge in [-0.25, -0.2) is 4.98 Å². The number of hydrogen-bond donors (Lipinski definition) is 3. The summed E-state index contributed by atoms with van der Waals surface area (Å²) in [7, 11) is 0. The lowest BCUT2D eigenvalue weighted by molar-refractivity contribution is 0.0932. The van der Waals surface area contributed by atoms with E-state index in [0.29, 0.717) is 5.56 Å². The van der Waals surface area contributed by atoms with Gasteiger partial charge in [-0.2, -0.15) is 0 Å². The van der Waals surface area contributed by atoms with Crippen LogP contribution < -0.4 is 10.6 Å². The molecule has 5 nitrogen and oxygen atoms in total. The molecule has 2 aromatic rings. The van der Waals surface area contributed by atoms with Crippen LogP contribution in [0.1, 0.15) is 23.2 Å². The summed E-state index contributed by atoms with van der Waals surface area (Å²) in [5, 5.41) is 6.35. The minimum atomic E-state index is -0.0404. The number of imidazole rings is 1. The number of hydrogen-bond acceptors (Lipinski definition) is 3. The predicted molar refractivity (Wildman–Crippen MR) is 69.5 cm³/mol. The molecule has 1 atom stereocenters. The van der Waals surface area contributed by atoms with Crippen molar-refractivity contribution in [1.29, 1.82) is 0 Å². The second-order valence-corrected chi connectivity index (χ2v) is 4.62. The van der Waals surface area contributed by atoms with E-state index >= 15 is 0 Å². The van der Waals surface area contributed by atoms with Crippen molar-refractivity contribution < 1.29 is 4.79 Å². The Morgan fingerprint density at radius 3 is 3.22 bits per heavy atom. The first-order chi connectivity index (χ1) is 8.84. The normalized spacial score (nSPS) is 19.9. The SMILES string of the molecule is O=C(NC1CCCNC1)c1cccc2[nH]cnc12. The molecular formula is C13H16N4O. The molecule has 5 heteroatoms. The van der Waals surface area contributed by atoms with Gasteiger partial charge < -0.3 is 15.6 Å². The number of H-pyrrole nitrogens is 1. The molecule has 3 N–H and O–H groups in total. The highest BCUT2D eigenvalue weighted by molar-refractivity contribution is 6.04. The third-order valence-corrected chi connectivity index (χ3v) is 3.33. The lowest BCUT2D eigenvalue weighted by Crippen LogP contribution is -2.45. The van der Waals surface area contributed by atoms with Crippen molar-refractivity contribution in [2.75, 3.05) is 13.1 Å². The van der Waals surface area contributed by atoms with E-state index in [2.05, 4.69) is 20.6 Å². The highest BCUT2D eigenvalue weighted by atomic mass is 16.1. The van der Waals surface area contributed by atoms with Gasteiger partial charge in [0, 0.05) is 12.6 Å². The summed E-state index contributed by atoms with van der Waals surface area (Å²) in [6.07, 6.45) is 3.76. The van der Waals surface area contributed by atoms with Crippen molar-refractivity contribution in [1.82, 2.24) is 20.6 Å². The average molecular weight is 244 g/mol. The molecule has 94 valence electrons. The first-order valence-corrected chi connectivity index (χ1v) is 6.28. The molecule has 0 saturated carbocycles. The van der Waals surface area contributed by atoms with E-state index in [1.54, 1.807) is 6.33 Å². The number of aromatic nitrogens is 2. The number of rotatable bonds is 2. The van der Waals surface area contributed by atoms with Crippen LogP contribution >= 0.6 is 0 Å². The highest BCUT2D eigenvalue weighted by Gasteiger charge is 2.18. The Kier molecular flexibility index (Phi) is 2.98. The standard InChI is InChI=1S/C13H16N4O/c18-13(17-9-3-2-6-14-7-9)10-4-1-5-11-12(10)16-8-15-11/h1,4-5,8-9,14H,2-3,6-7H2,(H,15,16)(H,17,18). The molecule has 0 bridgehead atoms. The van der Waals surface area contributed by atoms with Gasteiger partial charge in [0.1, 0.15) is 5.52 Å². The first kappa shape index (κ1) is 11.2. The fourth-order valence-electron chi connectivity index (χ4n) is 2.39. The molecule has 1 aliphatic rings. The molecule has 18 heavy (non-hydrogen) atoms. The minimum absolute atomic E-state index is 0.0404. The van der Waals surface area contributed by atoms with Crippen LogP contribution in [0, 0.1) is 0 Å². The number of piperidine rings is 1. The van der Waals surface area contributed by atoms with Crippen LogP contribution in [0.15, 0.2) is 24.5 Å². The third kappa shape index (κ3) is 2.09. The quantitative estimate of drug-likeness (QED) is 0.739.